The standard InChI is InChI=1S/C14H21N3O3/c1-3-8-15-13(18)11-6-4-7-12(17-11)14(19)16-9-5-10-20-2/h4,6-7H,3,5,8-10H2,1-2H3,(H,15,18)(H,16,19). The number of hydrogen-bond acceptors (Lipinski definition) is 4. The summed E-state index contributed by atoms with van der Waals surface area (Å²) in [5.41, 5.74) is 0.495. The first-order valence-corrected chi connectivity index (χ1v) is 6.71. The molecule has 20 heavy (non-hydrogen) atoms. The van der Waals surface area contributed by atoms with E-state index in [1.165, 1.54) is 0 Å². The van der Waals surface area contributed by atoms with Gasteiger partial charge in [0.2, 0.25) is 0 Å². The Morgan fingerprint density at radius 2 is 1.75 bits per heavy atom. The number of methoxy groups -OCH3 is 1. The molecular formula is C14H21N3O3. The predicted molar refractivity (Wildman–Crippen MR) is 75.7 cm³/mol. The maximum atomic E-state index is 11.9. The summed E-state index contributed by atoms with van der Waals surface area (Å²) in [6.45, 7) is 3.67. The molecule has 1 aromatic heterocycles. The Morgan fingerprint density at radius 3 is 2.30 bits per heavy atom. The van der Waals surface area contributed by atoms with E-state index >= 15 is 0 Å². The minimum Gasteiger partial charge on any atom is -0.385 e. The molecule has 0 saturated heterocycles. The summed E-state index contributed by atoms with van der Waals surface area (Å²) in [4.78, 5) is 27.7. The number of nitrogens with one attached hydrogen (secondary N) is 2. The van der Waals surface area contributed by atoms with Crippen LogP contribution in [0.4, 0.5) is 0 Å². The highest BCUT2D eigenvalue weighted by Crippen LogP contribution is 2.00. The number of pyridine rings is 1. The zero-order valence-corrected chi connectivity index (χ0v) is 11.9. The molecule has 6 nitrogen and oxygen atoms in total. The van der Waals surface area contributed by atoms with Gasteiger partial charge in [0.15, 0.2) is 0 Å². The molecule has 0 radical (unpaired) electrons. The molecule has 0 saturated carbocycles. The molecule has 0 spiro atoms. The number of aromatic nitrogens is 1. The molecule has 1 aromatic rings. The van der Waals surface area contributed by atoms with Gasteiger partial charge in [-0.15, -0.1) is 0 Å². The van der Waals surface area contributed by atoms with Crippen molar-refractivity contribution in [2.45, 2.75) is 19.8 Å². The van der Waals surface area contributed by atoms with Crippen LogP contribution in [-0.2, 0) is 4.74 Å². The number of nitrogens with zero attached hydrogens (tertiary/aromatic N) is 1. The molecule has 0 aliphatic rings. The summed E-state index contributed by atoms with van der Waals surface area (Å²) < 4.78 is 4.90. The fraction of sp³-hybridized carbons (Fsp3) is 0.500. The van der Waals surface area contributed by atoms with Crippen LogP contribution in [0.3, 0.4) is 0 Å². The van der Waals surface area contributed by atoms with Crippen LogP contribution >= 0.6 is 0 Å². The van der Waals surface area contributed by atoms with Crippen molar-refractivity contribution in [3.63, 3.8) is 0 Å². The third-order valence-corrected chi connectivity index (χ3v) is 2.56. The lowest BCUT2D eigenvalue weighted by atomic mass is 10.2. The number of ether oxygens (including phenoxy) is 1. The maximum absolute atomic E-state index is 11.9. The third kappa shape index (κ3) is 5.36. The van der Waals surface area contributed by atoms with Crippen molar-refractivity contribution in [3.8, 4) is 0 Å². The van der Waals surface area contributed by atoms with E-state index in [1.807, 2.05) is 6.92 Å². The molecule has 0 fully saturated rings. The van der Waals surface area contributed by atoms with Gasteiger partial charge < -0.3 is 15.4 Å². The molecule has 2 amide bonds. The Kier molecular flexibility index (Phi) is 7.27. The van der Waals surface area contributed by atoms with Gasteiger partial charge in [-0.05, 0) is 25.0 Å². The van der Waals surface area contributed by atoms with E-state index < -0.39 is 0 Å². The average Bonchev–Trinajstić information content (AvgIpc) is 2.49. The smallest absolute Gasteiger partial charge is 0.269 e. The zero-order valence-electron chi connectivity index (χ0n) is 11.9. The zero-order chi connectivity index (χ0) is 14.8. The summed E-state index contributed by atoms with van der Waals surface area (Å²) in [5, 5.41) is 5.45. The summed E-state index contributed by atoms with van der Waals surface area (Å²) in [6.07, 6.45) is 1.59. The largest absolute Gasteiger partial charge is 0.385 e. The number of carbonyl (C=O) groups is 2. The third-order valence-electron chi connectivity index (χ3n) is 2.56. The van der Waals surface area contributed by atoms with Gasteiger partial charge in [0.05, 0.1) is 0 Å². The van der Waals surface area contributed by atoms with Crippen LogP contribution in [-0.4, -0.2) is 43.6 Å². The van der Waals surface area contributed by atoms with Crippen LogP contribution < -0.4 is 10.6 Å². The highest BCUT2D eigenvalue weighted by atomic mass is 16.5. The SMILES string of the molecule is CCCNC(=O)c1cccc(C(=O)NCCCOC)n1. The second-order valence-corrected chi connectivity index (χ2v) is 4.27. The van der Waals surface area contributed by atoms with Crippen molar-refractivity contribution in [3.05, 3.63) is 29.6 Å². The van der Waals surface area contributed by atoms with Gasteiger partial charge in [0, 0.05) is 26.8 Å². The van der Waals surface area contributed by atoms with Crippen molar-refractivity contribution in [1.82, 2.24) is 15.6 Å². The molecule has 1 heterocycles. The summed E-state index contributed by atoms with van der Waals surface area (Å²) in [5.74, 6) is -0.549. The minimum atomic E-state index is -0.286. The Hall–Kier alpha value is -1.95. The molecule has 0 aliphatic heterocycles. The van der Waals surface area contributed by atoms with Gasteiger partial charge in [-0.2, -0.15) is 0 Å². The second-order valence-electron chi connectivity index (χ2n) is 4.27. The molecule has 0 atom stereocenters. The van der Waals surface area contributed by atoms with Crippen LogP contribution in [0, 0.1) is 0 Å². The fourth-order valence-corrected chi connectivity index (χ4v) is 1.53. The predicted octanol–water partition coefficient (Wildman–Crippen LogP) is 0.988. The molecule has 0 bridgehead atoms. The van der Waals surface area contributed by atoms with Crippen LogP contribution in [0.2, 0.25) is 0 Å². The molecule has 1 rings (SSSR count). The average molecular weight is 279 g/mol. The van der Waals surface area contributed by atoms with E-state index in [-0.39, 0.29) is 23.2 Å². The topological polar surface area (TPSA) is 80.3 Å². The van der Waals surface area contributed by atoms with E-state index in [4.69, 9.17) is 4.74 Å². The van der Waals surface area contributed by atoms with Crippen LogP contribution in [0.1, 0.15) is 40.7 Å². The Morgan fingerprint density at radius 1 is 1.15 bits per heavy atom. The molecule has 0 aliphatic carbocycles. The first-order valence-electron chi connectivity index (χ1n) is 6.71. The van der Waals surface area contributed by atoms with Crippen molar-refractivity contribution >= 4 is 11.8 Å². The van der Waals surface area contributed by atoms with E-state index in [2.05, 4.69) is 15.6 Å². The molecule has 2 N–H and O–H groups in total. The van der Waals surface area contributed by atoms with Gasteiger partial charge in [-0.3, -0.25) is 9.59 Å². The van der Waals surface area contributed by atoms with E-state index in [1.54, 1.807) is 25.3 Å². The first-order chi connectivity index (χ1) is 9.69. The highest BCUT2D eigenvalue weighted by Gasteiger charge is 2.11. The van der Waals surface area contributed by atoms with E-state index in [9.17, 15) is 9.59 Å². The normalized spacial score (nSPS) is 10.1. The second kappa shape index (κ2) is 9.03. The lowest BCUT2D eigenvalue weighted by molar-refractivity contribution is 0.0941. The lowest BCUT2D eigenvalue weighted by Crippen LogP contribution is -2.28. The van der Waals surface area contributed by atoms with Crippen molar-refractivity contribution in [1.29, 1.82) is 0 Å². The summed E-state index contributed by atoms with van der Waals surface area (Å²) in [6, 6.07) is 4.83. The van der Waals surface area contributed by atoms with Gasteiger partial charge in [0.25, 0.3) is 11.8 Å². The number of amides is 2. The highest BCUT2D eigenvalue weighted by molar-refractivity contribution is 5.96. The summed E-state index contributed by atoms with van der Waals surface area (Å²) in [7, 11) is 1.61. The van der Waals surface area contributed by atoms with Crippen molar-refractivity contribution < 1.29 is 14.3 Å². The van der Waals surface area contributed by atoms with Gasteiger partial charge in [-0.25, -0.2) is 4.98 Å². The van der Waals surface area contributed by atoms with Gasteiger partial charge >= 0.3 is 0 Å². The van der Waals surface area contributed by atoms with Crippen LogP contribution in [0.15, 0.2) is 18.2 Å². The number of hydrogen-bond donors (Lipinski definition) is 2. The summed E-state index contributed by atoms with van der Waals surface area (Å²) >= 11 is 0. The molecule has 110 valence electrons. The minimum absolute atomic E-state index is 0.242. The fourth-order valence-electron chi connectivity index (χ4n) is 1.53. The maximum Gasteiger partial charge on any atom is 0.269 e. The molecule has 6 heteroatoms. The molecule has 0 unspecified atom stereocenters. The lowest BCUT2D eigenvalue weighted by Gasteiger charge is -2.06. The van der Waals surface area contributed by atoms with Crippen LogP contribution in [0.5, 0.6) is 0 Å². The molecular weight excluding hydrogens is 258 g/mol. The monoisotopic (exact) mass is 279 g/mol. The van der Waals surface area contributed by atoms with Crippen LogP contribution in [0.25, 0.3) is 0 Å². The van der Waals surface area contributed by atoms with Gasteiger partial charge in [-0.1, -0.05) is 13.0 Å². The van der Waals surface area contributed by atoms with E-state index in [0.29, 0.717) is 19.7 Å². The van der Waals surface area contributed by atoms with Gasteiger partial charge in [0.1, 0.15) is 11.4 Å². The Labute approximate surface area is 118 Å². The Balaban J connectivity index is 2.58. The number of carbonyl (C=O) groups excluding carboxylic acids is 2. The van der Waals surface area contributed by atoms with E-state index in [0.717, 1.165) is 12.8 Å². The first kappa shape index (κ1) is 16.1. The number of rotatable bonds is 8. The molecule has 0 aromatic carbocycles. The Bertz CT molecular complexity index is 449. The van der Waals surface area contributed by atoms with Crippen molar-refractivity contribution in [2.75, 3.05) is 26.8 Å². The van der Waals surface area contributed by atoms with Crippen molar-refractivity contribution in [2.24, 2.45) is 0 Å². The quantitative estimate of drug-likeness (QED) is 0.695.